The minimum Gasteiger partial charge on any atom is -0.329 e. The van der Waals surface area contributed by atoms with Crippen LogP contribution in [0.25, 0.3) is 10.6 Å². The van der Waals surface area contributed by atoms with Gasteiger partial charge in [0.15, 0.2) is 9.84 Å². The van der Waals surface area contributed by atoms with E-state index in [9.17, 15) is 13.2 Å². The Labute approximate surface area is 166 Å². The molecule has 5 nitrogen and oxygen atoms in total. The summed E-state index contributed by atoms with van der Waals surface area (Å²) in [6.07, 6.45) is 2.09. The fourth-order valence-electron chi connectivity index (χ4n) is 3.19. The highest BCUT2D eigenvalue weighted by Gasteiger charge is 2.35. The van der Waals surface area contributed by atoms with Gasteiger partial charge in [-0.1, -0.05) is 36.4 Å². The van der Waals surface area contributed by atoms with Gasteiger partial charge in [0.2, 0.25) is 0 Å². The lowest BCUT2D eigenvalue weighted by atomic mass is 10.2. The van der Waals surface area contributed by atoms with E-state index in [0.29, 0.717) is 17.8 Å². The van der Waals surface area contributed by atoms with Crippen LogP contribution < -0.4 is 0 Å². The fraction of sp³-hybridized carbons (Fsp3) is 0.263. The molecule has 0 N–H and O–H groups in total. The van der Waals surface area contributed by atoms with Crippen molar-refractivity contribution in [3.63, 3.8) is 0 Å². The molecule has 3 heterocycles. The third-order valence-corrected chi connectivity index (χ3v) is 8.20. The third kappa shape index (κ3) is 4.12. The molecule has 1 fully saturated rings. The fourth-order valence-corrected chi connectivity index (χ4v) is 6.50. The Kier molecular flexibility index (Phi) is 5.12. The van der Waals surface area contributed by atoms with Gasteiger partial charge < -0.3 is 4.90 Å². The van der Waals surface area contributed by atoms with E-state index in [4.69, 9.17) is 0 Å². The first-order valence-electron chi connectivity index (χ1n) is 8.57. The topological polar surface area (TPSA) is 67.3 Å². The number of carbonyl (C=O) groups excluding carboxylic acids is 1. The SMILES string of the molecule is O=C(c1cnc(-c2ccccc2)s1)N(Cc1cccs1)[C@@H]1CCS(=O)(=O)C1. The molecule has 1 aromatic carbocycles. The Morgan fingerprint density at radius 2 is 2.00 bits per heavy atom. The molecule has 0 saturated carbocycles. The lowest BCUT2D eigenvalue weighted by Crippen LogP contribution is -2.40. The second-order valence-corrected chi connectivity index (χ2v) is 10.8. The Morgan fingerprint density at radius 1 is 1.19 bits per heavy atom. The largest absolute Gasteiger partial charge is 0.329 e. The standard InChI is InChI=1S/C19H18N2O3S3/c22-19(17-11-20-18(26-17)14-5-2-1-3-6-14)21(12-16-7-4-9-25-16)15-8-10-27(23,24)13-15/h1-7,9,11,15H,8,10,12-13H2/t15-/m1/s1. The Morgan fingerprint density at radius 3 is 2.67 bits per heavy atom. The van der Waals surface area contributed by atoms with Crippen LogP contribution in [0.15, 0.2) is 54.0 Å². The quantitative estimate of drug-likeness (QED) is 0.634. The Hall–Kier alpha value is -2.03. The Bertz CT molecular complexity index is 1030. The van der Waals surface area contributed by atoms with Crippen LogP contribution in [0.5, 0.6) is 0 Å². The number of amides is 1. The number of nitrogens with zero attached hydrogens (tertiary/aromatic N) is 2. The average Bonchev–Trinajstić information content (AvgIpc) is 3.41. The summed E-state index contributed by atoms with van der Waals surface area (Å²) in [5.74, 6) is 0.0309. The maximum Gasteiger partial charge on any atom is 0.266 e. The molecule has 0 bridgehead atoms. The number of carbonyl (C=O) groups is 1. The molecule has 4 rings (SSSR count). The van der Waals surface area contributed by atoms with Gasteiger partial charge in [-0.3, -0.25) is 4.79 Å². The van der Waals surface area contributed by atoms with E-state index < -0.39 is 9.84 Å². The number of aromatic nitrogens is 1. The molecule has 3 aromatic rings. The highest BCUT2D eigenvalue weighted by atomic mass is 32.2. The molecule has 0 radical (unpaired) electrons. The molecule has 27 heavy (non-hydrogen) atoms. The second kappa shape index (κ2) is 7.53. The van der Waals surface area contributed by atoms with Crippen molar-refractivity contribution in [3.8, 4) is 10.6 Å². The Balaban J connectivity index is 1.61. The molecule has 0 unspecified atom stereocenters. The zero-order valence-corrected chi connectivity index (χ0v) is 16.9. The van der Waals surface area contributed by atoms with E-state index in [1.165, 1.54) is 11.3 Å². The summed E-state index contributed by atoms with van der Waals surface area (Å²) >= 11 is 2.91. The molecular formula is C19H18N2O3S3. The average molecular weight is 419 g/mol. The van der Waals surface area contributed by atoms with Gasteiger partial charge in [-0.2, -0.15) is 0 Å². The number of hydrogen-bond acceptors (Lipinski definition) is 6. The van der Waals surface area contributed by atoms with Crippen LogP contribution in [0.2, 0.25) is 0 Å². The maximum atomic E-state index is 13.2. The molecule has 8 heteroatoms. The molecule has 0 aliphatic carbocycles. The van der Waals surface area contributed by atoms with Crippen molar-refractivity contribution in [2.45, 2.75) is 19.0 Å². The van der Waals surface area contributed by atoms with Crippen molar-refractivity contribution in [3.05, 3.63) is 63.8 Å². The number of rotatable bonds is 5. The minimum absolute atomic E-state index is 0.0362. The van der Waals surface area contributed by atoms with Crippen molar-refractivity contribution in [2.24, 2.45) is 0 Å². The lowest BCUT2D eigenvalue weighted by molar-refractivity contribution is 0.0688. The lowest BCUT2D eigenvalue weighted by Gasteiger charge is -2.27. The number of hydrogen-bond donors (Lipinski definition) is 0. The van der Waals surface area contributed by atoms with Gasteiger partial charge in [0.1, 0.15) is 9.88 Å². The van der Waals surface area contributed by atoms with Gasteiger partial charge >= 0.3 is 0 Å². The van der Waals surface area contributed by atoms with Crippen LogP contribution >= 0.6 is 22.7 Å². The first kappa shape index (κ1) is 18.3. The predicted octanol–water partition coefficient (Wildman–Crippen LogP) is 3.70. The summed E-state index contributed by atoms with van der Waals surface area (Å²) in [5, 5.41) is 2.75. The van der Waals surface area contributed by atoms with Crippen molar-refractivity contribution < 1.29 is 13.2 Å². The van der Waals surface area contributed by atoms with Crippen LogP contribution in [0.1, 0.15) is 21.0 Å². The highest BCUT2D eigenvalue weighted by molar-refractivity contribution is 7.91. The highest BCUT2D eigenvalue weighted by Crippen LogP contribution is 2.29. The van der Waals surface area contributed by atoms with Crippen LogP contribution in [0.3, 0.4) is 0 Å². The number of thiophene rings is 1. The van der Waals surface area contributed by atoms with E-state index in [1.54, 1.807) is 22.4 Å². The van der Waals surface area contributed by atoms with E-state index in [2.05, 4.69) is 4.98 Å². The van der Waals surface area contributed by atoms with Crippen LogP contribution in [0, 0.1) is 0 Å². The summed E-state index contributed by atoms with van der Waals surface area (Å²) in [4.78, 5) is 20.9. The minimum atomic E-state index is -3.08. The van der Waals surface area contributed by atoms with Gasteiger partial charge in [-0.15, -0.1) is 22.7 Å². The van der Waals surface area contributed by atoms with Crippen molar-refractivity contribution in [2.75, 3.05) is 11.5 Å². The number of thiazole rings is 1. The molecule has 1 atom stereocenters. The first-order chi connectivity index (χ1) is 13.0. The summed E-state index contributed by atoms with van der Waals surface area (Å²) in [7, 11) is -3.08. The summed E-state index contributed by atoms with van der Waals surface area (Å²) < 4.78 is 23.9. The zero-order valence-electron chi connectivity index (χ0n) is 14.4. The number of benzene rings is 1. The molecule has 1 saturated heterocycles. The summed E-state index contributed by atoms with van der Waals surface area (Å²) in [6.45, 7) is 0.426. The van der Waals surface area contributed by atoms with Crippen LogP contribution in [-0.2, 0) is 16.4 Å². The molecule has 1 amide bonds. The molecular weight excluding hydrogens is 400 g/mol. The normalized spacial score (nSPS) is 18.4. The van der Waals surface area contributed by atoms with E-state index in [0.717, 1.165) is 15.4 Å². The van der Waals surface area contributed by atoms with Crippen molar-refractivity contribution in [1.82, 2.24) is 9.88 Å². The molecule has 2 aromatic heterocycles. The molecule has 1 aliphatic heterocycles. The zero-order chi connectivity index (χ0) is 18.9. The summed E-state index contributed by atoms with van der Waals surface area (Å²) in [5.41, 5.74) is 0.967. The number of sulfone groups is 1. The smallest absolute Gasteiger partial charge is 0.266 e. The second-order valence-electron chi connectivity index (χ2n) is 6.46. The van der Waals surface area contributed by atoms with Crippen LogP contribution in [-0.4, -0.2) is 41.8 Å². The van der Waals surface area contributed by atoms with E-state index in [1.807, 2.05) is 47.8 Å². The van der Waals surface area contributed by atoms with Gasteiger partial charge in [0.25, 0.3) is 5.91 Å². The maximum absolute atomic E-state index is 13.2. The first-order valence-corrected chi connectivity index (χ1v) is 12.1. The predicted molar refractivity (Wildman–Crippen MR) is 109 cm³/mol. The molecule has 1 aliphatic rings. The van der Waals surface area contributed by atoms with Crippen LogP contribution in [0.4, 0.5) is 0 Å². The molecule has 140 valence electrons. The van der Waals surface area contributed by atoms with E-state index >= 15 is 0 Å². The van der Waals surface area contributed by atoms with E-state index in [-0.39, 0.29) is 23.5 Å². The van der Waals surface area contributed by atoms with Gasteiger partial charge in [0.05, 0.1) is 24.2 Å². The van der Waals surface area contributed by atoms with Crippen molar-refractivity contribution in [1.29, 1.82) is 0 Å². The van der Waals surface area contributed by atoms with Gasteiger partial charge in [-0.05, 0) is 17.9 Å². The third-order valence-electron chi connectivity index (χ3n) is 4.55. The van der Waals surface area contributed by atoms with Gasteiger partial charge in [-0.25, -0.2) is 13.4 Å². The molecule has 0 spiro atoms. The summed E-state index contributed by atoms with van der Waals surface area (Å²) in [6, 6.07) is 13.3. The van der Waals surface area contributed by atoms with Crippen molar-refractivity contribution >= 4 is 38.4 Å². The van der Waals surface area contributed by atoms with Gasteiger partial charge in [0, 0.05) is 16.5 Å². The monoisotopic (exact) mass is 418 g/mol.